The lowest BCUT2D eigenvalue weighted by Crippen LogP contribution is -1.90. The molecule has 0 saturated heterocycles. The van der Waals surface area contributed by atoms with E-state index in [-0.39, 0.29) is 0 Å². The molecule has 4 nitrogen and oxygen atoms in total. The first-order valence-electron chi connectivity index (χ1n) is 6.84. The highest BCUT2D eigenvalue weighted by Crippen LogP contribution is 2.25. The third kappa shape index (κ3) is 3.31. The maximum Gasteiger partial charge on any atom is 0.166 e. The number of nitrogens with one attached hydrogen (secondary N) is 1. The van der Waals surface area contributed by atoms with Crippen LogP contribution in [0.5, 0.6) is 5.75 Å². The van der Waals surface area contributed by atoms with Gasteiger partial charge in [0.05, 0.1) is 17.6 Å². The number of imidazole rings is 1. The zero-order valence-corrected chi connectivity index (χ0v) is 12.6. The van der Waals surface area contributed by atoms with E-state index in [0.717, 1.165) is 33.4 Å². The Balaban J connectivity index is 1.75. The summed E-state index contributed by atoms with van der Waals surface area (Å²) in [6, 6.07) is 13.8. The molecule has 0 aliphatic rings. The maximum absolute atomic E-state index is 5.79. The van der Waals surface area contributed by atoms with Crippen molar-refractivity contribution in [3.05, 3.63) is 48.0 Å². The Morgan fingerprint density at radius 3 is 2.95 bits per heavy atom. The zero-order chi connectivity index (χ0) is 14.7. The first kappa shape index (κ1) is 13.8. The van der Waals surface area contributed by atoms with Crippen LogP contribution in [-0.2, 0) is 5.75 Å². The van der Waals surface area contributed by atoms with Gasteiger partial charge < -0.3 is 15.5 Å². The first-order valence-corrected chi connectivity index (χ1v) is 7.83. The summed E-state index contributed by atoms with van der Waals surface area (Å²) < 4.78 is 5.50. The summed E-state index contributed by atoms with van der Waals surface area (Å²) in [5, 5.41) is 0.904. The maximum atomic E-state index is 5.79. The molecule has 0 fully saturated rings. The minimum Gasteiger partial charge on any atom is -0.494 e. The molecule has 0 radical (unpaired) electrons. The van der Waals surface area contributed by atoms with E-state index in [4.69, 9.17) is 10.5 Å². The smallest absolute Gasteiger partial charge is 0.166 e. The molecule has 0 amide bonds. The molecule has 3 rings (SSSR count). The summed E-state index contributed by atoms with van der Waals surface area (Å²) in [6.45, 7) is 2.64. The number of hydrogen-bond acceptors (Lipinski definition) is 4. The van der Waals surface area contributed by atoms with E-state index in [2.05, 4.69) is 16.0 Å². The van der Waals surface area contributed by atoms with Gasteiger partial charge in [0.1, 0.15) is 5.75 Å². The van der Waals surface area contributed by atoms with Gasteiger partial charge in [-0.05, 0) is 36.8 Å². The summed E-state index contributed by atoms with van der Waals surface area (Å²) in [7, 11) is 0. The normalized spacial score (nSPS) is 10.9. The number of rotatable bonds is 5. The highest BCUT2D eigenvalue weighted by molar-refractivity contribution is 7.98. The lowest BCUT2D eigenvalue weighted by atomic mass is 10.2. The van der Waals surface area contributed by atoms with Gasteiger partial charge in [-0.1, -0.05) is 23.9 Å². The number of thioether (sulfide) groups is 1. The third-order valence-electron chi connectivity index (χ3n) is 3.07. The number of fused-ring (bicyclic) bond motifs is 1. The molecule has 21 heavy (non-hydrogen) atoms. The molecule has 108 valence electrons. The molecule has 3 aromatic rings. The van der Waals surface area contributed by atoms with Crippen LogP contribution in [0.15, 0.2) is 47.6 Å². The molecular weight excluding hydrogens is 282 g/mol. The number of benzene rings is 2. The van der Waals surface area contributed by atoms with Crippen LogP contribution >= 0.6 is 11.8 Å². The quantitative estimate of drug-likeness (QED) is 0.555. The van der Waals surface area contributed by atoms with Crippen LogP contribution in [0, 0.1) is 0 Å². The van der Waals surface area contributed by atoms with Gasteiger partial charge in [0.25, 0.3) is 0 Å². The van der Waals surface area contributed by atoms with Gasteiger partial charge in [0.2, 0.25) is 0 Å². The van der Waals surface area contributed by atoms with Gasteiger partial charge in [0.15, 0.2) is 5.16 Å². The van der Waals surface area contributed by atoms with E-state index in [1.54, 1.807) is 11.8 Å². The highest BCUT2D eigenvalue weighted by atomic mass is 32.2. The number of hydrogen-bond donors (Lipinski definition) is 2. The Kier molecular flexibility index (Phi) is 4.01. The third-order valence-corrected chi connectivity index (χ3v) is 4.01. The molecule has 1 heterocycles. The van der Waals surface area contributed by atoms with Gasteiger partial charge in [-0.3, -0.25) is 0 Å². The van der Waals surface area contributed by atoms with Crippen LogP contribution in [0.25, 0.3) is 11.0 Å². The number of aromatic amines is 1. The van der Waals surface area contributed by atoms with Crippen molar-refractivity contribution in [2.75, 3.05) is 12.3 Å². The van der Waals surface area contributed by atoms with Gasteiger partial charge in [-0.2, -0.15) is 0 Å². The summed E-state index contributed by atoms with van der Waals surface area (Å²) in [4.78, 5) is 7.89. The van der Waals surface area contributed by atoms with Crippen LogP contribution in [0.4, 0.5) is 5.69 Å². The number of nitrogen functional groups attached to an aromatic ring is 1. The lowest BCUT2D eigenvalue weighted by molar-refractivity contribution is 0.340. The van der Waals surface area contributed by atoms with Crippen molar-refractivity contribution >= 4 is 28.5 Å². The summed E-state index contributed by atoms with van der Waals surface area (Å²) in [5.74, 6) is 1.70. The minimum atomic E-state index is 0.663. The molecule has 0 atom stereocenters. The summed E-state index contributed by atoms with van der Waals surface area (Å²) >= 11 is 1.66. The predicted molar refractivity (Wildman–Crippen MR) is 87.7 cm³/mol. The SMILES string of the molecule is CCOc1ccc2nc(SCc3cccc(N)c3)[nH]c2c1. The lowest BCUT2D eigenvalue weighted by Gasteiger charge is -2.01. The second-order valence-electron chi connectivity index (χ2n) is 4.69. The van der Waals surface area contributed by atoms with Crippen molar-refractivity contribution in [1.29, 1.82) is 0 Å². The van der Waals surface area contributed by atoms with Crippen molar-refractivity contribution in [3.63, 3.8) is 0 Å². The largest absolute Gasteiger partial charge is 0.494 e. The minimum absolute atomic E-state index is 0.663. The molecule has 0 aliphatic carbocycles. The number of H-pyrrole nitrogens is 1. The number of aromatic nitrogens is 2. The van der Waals surface area contributed by atoms with E-state index in [1.165, 1.54) is 5.56 Å². The number of nitrogens with zero attached hydrogens (tertiary/aromatic N) is 1. The van der Waals surface area contributed by atoms with Crippen molar-refractivity contribution in [1.82, 2.24) is 9.97 Å². The van der Waals surface area contributed by atoms with Crippen LogP contribution < -0.4 is 10.5 Å². The Bertz CT molecular complexity index is 754. The average Bonchev–Trinajstić information content (AvgIpc) is 2.88. The predicted octanol–water partition coefficient (Wildman–Crippen LogP) is 3.84. The van der Waals surface area contributed by atoms with Crippen LogP contribution in [0.1, 0.15) is 12.5 Å². The van der Waals surface area contributed by atoms with Crippen molar-refractivity contribution in [2.45, 2.75) is 17.8 Å². The molecule has 0 saturated carbocycles. The fourth-order valence-electron chi connectivity index (χ4n) is 2.12. The van der Waals surface area contributed by atoms with E-state index < -0.39 is 0 Å². The van der Waals surface area contributed by atoms with Gasteiger partial charge in [-0.15, -0.1) is 0 Å². The molecule has 0 spiro atoms. The Morgan fingerprint density at radius 1 is 1.24 bits per heavy atom. The Morgan fingerprint density at radius 2 is 2.14 bits per heavy atom. The summed E-state index contributed by atoms with van der Waals surface area (Å²) in [6.07, 6.45) is 0. The van der Waals surface area contributed by atoms with E-state index in [9.17, 15) is 0 Å². The molecular formula is C16H17N3OS. The van der Waals surface area contributed by atoms with Gasteiger partial charge in [-0.25, -0.2) is 4.98 Å². The molecule has 5 heteroatoms. The average molecular weight is 299 g/mol. The topological polar surface area (TPSA) is 63.9 Å². The molecule has 0 unspecified atom stereocenters. The number of anilines is 1. The standard InChI is InChI=1S/C16H17N3OS/c1-2-20-13-6-7-14-15(9-13)19-16(18-14)21-10-11-4-3-5-12(17)8-11/h3-9H,2,10,17H2,1H3,(H,18,19). The van der Waals surface area contributed by atoms with Crippen LogP contribution in [0.2, 0.25) is 0 Å². The fourth-order valence-corrected chi connectivity index (χ4v) is 2.95. The van der Waals surface area contributed by atoms with Crippen LogP contribution in [0.3, 0.4) is 0 Å². The highest BCUT2D eigenvalue weighted by Gasteiger charge is 2.05. The van der Waals surface area contributed by atoms with Crippen molar-refractivity contribution < 1.29 is 4.74 Å². The monoisotopic (exact) mass is 299 g/mol. The molecule has 0 aliphatic heterocycles. The van der Waals surface area contributed by atoms with Crippen molar-refractivity contribution in [3.8, 4) is 5.75 Å². The molecule has 3 N–H and O–H groups in total. The van der Waals surface area contributed by atoms with E-state index in [1.807, 2.05) is 43.3 Å². The van der Waals surface area contributed by atoms with Crippen molar-refractivity contribution in [2.24, 2.45) is 0 Å². The Hall–Kier alpha value is -2.14. The fraction of sp³-hybridized carbons (Fsp3) is 0.188. The molecule has 1 aromatic heterocycles. The molecule has 2 aromatic carbocycles. The first-order chi connectivity index (χ1) is 10.2. The van der Waals surface area contributed by atoms with Crippen LogP contribution in [-0.4, -0.2) is 16.6 Å². The summed E-state index contributed by atoms with van der Waals surface area (Å²) in [5.41, 5.74) is 9.72. The van der Waals surface area contributed by atoms with Gasteiger partial charge in [0, 0.05) is 17.5 Å². The number of nitrogens with two attached hydrogens (primary N) is 1. The Labute approximate surface area is 127 Å². The second kappa shape index (κ2) is 6.10. The second-order valence-corrected chi connectivity index (χ2v) is 5.65. The number of ether oxygens (including phenoxy) is 1. The zero-order valence-electron chi connectivity index (χ0n) is 11.8. The molecule has 0 bridgehead atoms. The van der Waals surface area contributed by atoms with Gasteiger partial charge >= 0.3 is 0 Å². The van der Waals surface area contributed by atoms with E-state index >= 15 is 0 Å². The van der Waals surface area contributed by atoms with E-state index in [0.29, 0.717) is 6.61 Å².